The van der Waals surface area contributed by atoms with Gasteiger partial charge in [0, 0.05) is 32.3 Å². The molecule has 0 N–H and O–H groups in total. The SMILES string of the molecule is c1ccc(-c2cc(-c3ccc4sc5c6ccccc6n(-c6ccccc6)c5c4c3)cc(-c3ccccc3)n2)cc1. The number of pyridine rings is 1. The average Bonchev–Trinajstić information content (AvgIpc) is 3.56. The maximum Gasteiger partial charge on any atom is 0.0727 e. The van der Waals surface area contributed by atoms with E-state index in [2.05, 4.69) is 138 Å². The van der Waals surface area contributed by atoms with Gasteiger partial charge in [-0.1, -0.05) is 103 Å². The van der Waals surface area contributed by atoms with Crippen molar-refractivity contribution in [3.8, 4) is 39.3 Å². The van der Waals surface area contributed by atoms with Gasteiger partial charge in [-0.05, 0) is 53.6 Å². The minimum Gasteiger partial charge on any atom is -0.308 e. The molecule has 0 aliphatic carbocycles. The Morgan fingerprint density at radius 1 is 0.475 bits per heavy atom. The van der Waals surface area contributed by atoms with Crippen molar-refractivity contribution in [1.29, 1.82) is 0 Å². The van der Waals surface area contributed by atoms with Crippen LogP contribution in [0.25, 0.3) is 70.5 Å². The zero-order valence-corrected chi connectivity index (χ0v) is 22.5. The third kappa shape index (κ3) is 3.75. The average molecular weight is 529 g/mol. The van der Waals surface area contributed by atoms with Crippen LogP contribution in [-0.4, -0.2) is 9.55 Å². The molecule has 8 aromatic rings. The third-order valence-corrected chi connectivity index (χ3v) is 8.78. The van der Waals surface area contributed by atoms with E-state index in [1.807, 2.05) is 23.5 Å². The van der Waals surface area contributed by atoms with E-state index in [0.717, 1.165) is 28.1 Å². The third-order valence-electron chi connectivity index (χ3n) is 7.59. The summed E-state index contributed by atoms with van der Waals surface area (Å²) in [5.41, 5.74) is 10.2. The van der Waals surface area contributed by atoms with Crippen molar-refractivity contribution in [2.45, 2.75) is 0 Å². The molecule has 0 fully saturated rings. The first-order valence-corrected chi connectivity index (χ1v) is 14.3. The van der Waals surface area contributed by atoms with E-state index in [9.17, 15) is 0 Å². The van der Waals surface area contributed by atoms with Crippen LogP contribution in [0.4, 0.5) is 0 Å². The summed E-state index contributed by atoms with van der Waals surface area (Å²) in [5, 5.41) is 2.57. The van der Waals surface area contributed by atoms with Gasteiger partial charge >= 0.3 is 0 Å². The van der Waals surface area contributed by atoms with Crippen LogP contribution in [0.15, 0.2) is 146 Å². The van der Waals surface area contributed by atoms with Gasteiger partial charge in [-0.3, -0.25) is 0 Å². The van der Waals surface area contributed by atoms with E-state index in [-0.39, 0.29) is 0 Å². The van der Waals surface area contributed by atoms with Gasteiger partial charge in [0.05, 0.1) is 27.1 Å². The van der Waals surface area contributed by atoms with Gasteiger partial charge in [0.2, 0.25) is 0 Å². The van der Waals surface area contributed by atoms with E-state index in [1.54, 1.807) is 0 Å². The molecule has 3 aromatic heterocycles. The van der Waals surface area contributed by atoms with E-state index in [4.69, 9.17) is 4.98 Å². The molecule has 0 radical (unpaired) electrons. The second-order valence-electron chi connectivity index (χ2n) is 10.0. The Hall–Kier alpha value is -4.99. The zero-order chi connectivity index (χ0) is 26.5. The smallest absolute Gasteiger partial charge is 0.0727 e. The van der Waals surface area contributed by atoms with E-state index in [0.29, 0.717) is 0 Å². The van der Waals surface area contributed by atoms with E-state index >= 15 is 0 Å². The van der Waals surface area contributed by atoms with Crippen LogP contribution in [0.2, 0.25) is 0 Å². The lowest BCUT2D eigenvalue weighted by Gasteiger charge is -2.11. The molecule has 40 heavy (non-hydrogen) atoms. The first-order valence-electron chi connectivity index (χ1n) is 13.5. The zero-order valence-electron chi connectivity index (χ0n) is 21.7. The fourth-order valence-electron chi connectivity index (χ4n) is 5.71. The van der Waals surface area contributed by atoms with Crippen LogP contribution in [0.3, 0.4) is 0 Å². The predicted molar refractivity (Wildman–Crippen MR) is 170 cm³/mol. The standard InChI is InChI=1S/C37H24N2S/c1-4-12-25(13-5-1)32-23-28(24-33(38-32)26-14-6-2-7-15-26)27-20-21-35-31(22-27)36-37(40-35)30-18-10-11-19-34(30)39(36)29-16-8-3-9-17-29/h1-24H. The number of para-hydroxylation sites is 2. The fourth-order valence-corrected chi connectivity index (χ4v) is 6.91. The normalized spacial score (nSPS) is 11.5. The summed E-state index contributed by atoms with van der Waals surface area (Å²) >= 11 is 1.88. The molecule has 0 unspecified atom stereocenters. The first-order chi connectivity index (χ1) is 19.8. The van der Waals surface area contributed by atoms with Crippen LogP contribution in [0, 0.1) is 0 Å². The van der Waals surface area contributed by atoms with Crippen molar-refractivity contribution in [2.24, 2.45) is 0 Å². The van der Waals surface area contributed by atoms with Crippen LogP contribution in [-0.2, 0) is 0 Å². The number of thiophene rings is 1. The quantitative estimate of drug-likeness (QED) is 0.222. The Labute approximate surface area is 236 Å². The number of fused-ring (bicyclic) bond motifs is 5. The summed E-state index contributed by atoms with van der Waals surface area (Å²) in [5.74, 6) is 0. The second kappa shape index (κ2) is 9.33. The Kier molecular flexibility index (Phi) is 5.35. The second-order valence-corrected chi connectivity index (χ2v) is 11.1. The molecule has 0 bridgehead atoms. The van der Waals surface area contributed by atoms with Gasteiger partial charge in [0.1, 0.15) is 0 Å². The molecule has 0 aliphatic heterocycles. The number of aromatic nitrogens is 2. The number of hydrogen-bond acceptors (Lipinski definition) is 2. The molecule has 0 saturated heterocycles. The van der Waals surface area contributed by atoms with Crippen molar-refractivity contribution < 1.29 is 0 Å². The van der Waals surface area contributed by atoms with Gasteiger partial charge in [-0.25, -0.2) is 4.98 Å². The van der Waals surface area contributed by atoms with Crippen LogP contribution < -0.4 is 0 Å². The number of nitrogens with zero attached hydrogens (tertiary/aromatic N) is 2. The first kappa shape index (κ1) is 22.9. The summed E-state index contributed by atoms with van der Waals surface area (Å²) < 4.78 is 5.05. The highest BCUT2D eigenvalue weighted by molar-refractivity contribution is 7.26. The number of hydrogen-bond donors (Lipinski definition) is 0. The summed E-state index contributed by atoms with van der Waals surface area (Å²) in [6, 6.07) is 51.7. The molecule has 0 aliphatic rings. The lowest BCUT2D eigenvalue weighted by Crippen LogP contribution is -1.93. The highest BCUT2D eigenvalue weighted by Gasteiger charge is 2.18. The Morgan fingerprint density at radius 3 is 1.75 bits per heavy atom. The molecule has 3 heteroatoms. The van der Waals surface area contributed by atoms with Gasteiger partial charge < -0.3 is 4.57 Å². The fraction of sp³-hybridized carbons (Fsp3) is 0. The highest BCUT2D eigenvalue weighted by atomic mass is 32.1. The van der Waals surface area contributed by atoms with Crippen molar-refractivity contribution in [3.05, 3.63) is 146 Å². The lowest BCUT2D eigenvalue weighted by atomic mass is 9.99. The monoisotopic (exact) mass is 528 g/mol. The minimum atomic E-state index is 0.978. The Bertz CT molecular complexity index is 2080. The summed E-state index contributed by atoms with van der Waals surface area (Å²) in [7, 11) is 0. The molecule has 0 saturated carbocycles. The van der Waals surface area contributed by atoms with Crippen molar-refractivity contribution >= 4 is 42.5 Å². The Morgan fingerprint density at radius 2 is 1.07 bits per heavy atom. The predicted octanol–water partition coefficient (Wildman–Crippen LogP) is 10.4. The lowest BCUT2D eigenvalue weighted by molar-refractivity contribution is 1.19. The molecule has 188 valence electrons. The molecule has 5 aromatic carbocycles. The van der Waals surface area contributed by atoms with E-state index < -0.39 is 0 Å². The molecule has 8 rings (SSSR count). The van der Waals surface area contributed by atoms with Crippen LogP contribution in [0.5, 0.6) is 0 Å². The topological polar surface area (TPSA) is 17.8 Å². The van der Waals surface area contributed by atoms with Gasteiger partial charge in [-0.15, -0.1) is 11.3 Å². The van der Waals surface area contributed by atoms with Crippen molar-refractivity contribution in [3.63, 3.8) is 0 Å². The van der Waals surface area contributed by atoms with Gasteiger partial charge in [0.15, 0.2) is 0 Å². The molecule has 3 heterocycles. The largest absolute Gasteiger partial charge is 0.308 e. The van der Waals surface area contributed by atoms with Crippen LogP contribution in [0.1, 0.15) is 0 Å². The molecular weight excluding hydrogens is 504 g/mol. The maximum atomic E-state index is 5.08. The van der Waals surface area contributed by atoms with Crippen molar-refractivity contribution in [1.82, 2.24) is 9.55 Å². The molecule has 0 atom stereocenters. The molecule has 0 amide bonds. The number of rotatable bonds is 4. The summed E-state index contributed by atoms with van der Waals surface area (Å²) in [4.78, 5) is 5.08. The van der Waals surface area contributed by atoms with Crippen LogP contribution >= 0.6 is 11.3 Å². The van der Waals surface area contributed by atoms with Gasteiger partial charge in [0.25, 0.3) is 0 Å². The Balaban J connectivity index is 1.40. The minimum absolute atomic E-state index is 0.978. The molecular formula is C37H24N2S. The van der Waals surface area contributed by atoms with Gasteiger partial charge in [-0.2, -0.15) is 0 Å². The molecule has 0 spiro atoms. The summed E-state index contributed by atoms with van der Waals surface area (Å²) in [6.07, 6.45) is 0. The summed E-state index contributed by atoms with van der Waals surface area (Å²) in [6.45, 7) is 0. The van der Waals surface area contributed by atoms with E-state index in [1.165, 1.54) is 42.5 Å². The number of benzene rings is 5. The highest BCUT2D eigenvalue weighted by Crippen LogP contribution is 2.43. The molecule has 2 nitrogen and oxygen atoms in total. The van der Waals surface area contributed by atoms with Crippen molar-refractivity contribution in [2.75, 3.05) is 0 Å². The maximum absolute atomic E-state index is 5.08.